The van der Waals surface area contributed by atoms with E-state index in [1.54, 1.807) is 0 Å². The van der Waals surface area contributed by atoms with Crippen molar-refractivity contribution in [1.29, 1.82) is 0 Å². The quantitative estimate of drug-likeness (QED) is 0.0905. The summed E-state index contributed by atoms with van der Waals surface area (Å²) in [4.78, 5) is 4.97. The van der Waals surface area contributed by atoms with E-state index in [-0.39, 0.29) is 10.8 Å². The third-order valence-electron chi connectivity index (χ3n) is 13.8. The molecule has 0 unspecified atom stereocenters. The molecular formula is C56H70N2. The number of rotatable bonds is 16. The van der Waals surface area contributed by atoms with Crippen molar-refractivity contribution in [2.75, 3.05) is 9.80 Å². The molecule has 0 aliphatic heterocycles. The van der Waals surface area contributed by atoms with E-state index in [4.69, 9.17) is 0 Å². The van der Waals surface area contributed by atoms with E-state index in [1.165, 1.54) is 109 Å². The fraction of sp³-hybridized carbons (Fsp3) is 0.393. The molecule has 0 saturated heterocycles. The SMILES string of the molecule is CCCCCc1cc(C)c(N(c2ccc(C(C)(CC)CC)cc2)c2ccc3cc(N(c4ccc(C(C)(CC)CC)cc4)c4c(C)cc(C)cc4C)ccc3c2)c(C)c1. The minimum Gasteiger partial charge on any atom is -0.310 e. The lowest BCUT2D eigenvalue weighted by Crippen LogP contribution is -2.20. The van der Waals surface area contributed by atoms with Gasteiger partial charge in [-0.05, 0) is 182 Å². The molecule has 0 amide bonds. The first-order chi connectivity index (χ1) is 27.8. The Bertz CT molecular complexity index is 2270. The van der Waals surface area contributed by atoms with Crippen LogP contribution in [-0.4, -0.2) is 0 Å². The number of unbranched alkanes of at least 4 members (excludes halogenated alkanes) is 2. The van der Waals surface area contributed by atoms with Gasteiger partial charge in [0.05, 0.1) is 11.4 Å². The largest absolute Gasteiger partial charge is 0.310 e. The van der Waals surface area contributed by atoms with E-state index in [0.717, 1.165) is 32.1 Å². The molecule has 0 radical (unpaired) electrons. The third-order valence-corrected chi connectivity index (χ3v) is 13.8. The predicted octanol–water partition coefficient (Wildman–Crippen LogP) is 17.2. The van der Waals surface area contributed by atoms with E-state index >= 15 is 0 Å². The van der Waals surface area contributed by atoms with Crippen LogP contribution in [0.15, 0.2) is 109 Å². The summed E-state index contributed by atoms with van der Waals surface area (Å²) in [7, 11) is 0. The number of hydrogen-bond acceptors (Lipinski definition) is 2. The molecule has 6 aromatic carbocycles. The number of benzene rings is 6. The number of nitrogens with zero attached hydrogens (tertiary/aromatic N) is 2. The Morgan fingerprint density at radius 2 is 0.776 bits per heavy atom. The maximum absolute atomic E-state index is 2.50. The molecule has 0 bridgehead atoms. The summed E-state index contributed by atoms with van der Waals surface area (Å²) in [5.74, 6) is 0. The van der Waals surface area contributed by atoms with E-state index in [0.29, 0.717) is 0 Å². The number of hydrogen-bond donors (Lipinski definition) is 0. The van der Waals surface area contributed by atoms with Crippen LogP contribution in [0.1, 0.15) is 138 Å². The monoisotopic (exact) mass is 771 g/mol. The highest BCUT2D eigenvalue weighted by Gasteiger charge is 2.26. The Hall–Kier alpha value is -4.82. The molecule has 2 nitrogen and oxygen atoms in total. The van der Waals surface area contributed by atoms with Gasteiger partial charge in [-0.1, -0.05) is 128 Å². The van der Waals surface area contributed by atoms with Crippen molar-refractivity contribution in [3.8, 4) is 0 Å². The molecule has 2 heteroatoms. The average molecular weight is 771 g/mol. The van der Waals surface area contributed by atoms with Crippen LogP contribution >= 0.6 is 0 Å². The summed E-state index contributed by atoms with van der Waals surface area (Å²) in [6.45, 7) is 27.6. The van der Waals surface area contributed by atoms with Gasteiger partial charge in [0.15, 0.2) is 0 Å². The Morgan fingerprint density at radius 1 is 0.414 bits per heavy atom. The Kier molecular flexibility index (Phi) is 13.3. The Balaban J connectivity index is 1.47. The molecule has 0 fully saturated rings. The predicted molar refractivity (Wildman–Crippen MR) is 256 cm³/mol. The highest BCUT2D eigenvalue weighted by Crippen LogP contribution is 2.44. The van der Waals surface area contributed by atoms with Crippen LogP contribution in [0, 0.1) is 34.6 Å². The highest BCUT2D eigenvalue weighted by atomic mass is 15.2. The average Bonchev–Trinajstić information content (AvgIpc) is 3.22. The number of anilines is 6. The van der Waals surface area contributed by atoms with Crippen molar-refractivity contribution in [1.82, 2.24) is 0 Å². The molecule has 58 heavy (non-hydrogen) atoms. The van der Waals surface area contributed by atoms with Crippen molar-refractivity contribution in [3.63, 3.8) is 0 Å². The highest BCUT2D eigenvalue weighted by molar-refractivity contribution is 5.94. The van der Waals surface area contributed by atoms with Crippen molar-refractivity contribution in [2.24, 2.45) is 0 Å². The van der Waals surface area contributed by atoms with Crippen molar-refractivity contribution in [3.05, 3.63) is 154 Å². The van der Waals surface area contributed by atoms with Crippen LogP contribution in [0.5, 0.6) is 0 Å². The lowest BCUT2D eigenvalue weighted by molar-refractivity contribution is 0.439. The Labute approximate surface area is 352 Å². The van der Waals surface area contributed by atoms with E-state index in [9.17, 15) is 0 Å². The van der Waals surface area contributed by atoms with Gasteiger partial charge >= 0.3 is 0 Å². The van der Waals surface area contributed by atoms with E-state index in [2.05, 4.69) is 202 Å². The summed E-state index contributed by atoms with van der Waals surface area (Å²) in [6, 6.07) is 42.4. The number of aryl methyl sites for hydroxylation is 6. The zero-order valence-corrected chi connectivity index (χ0v) is 37.9. The molecule has 6 rings (SSSR count). The van der Waals surface area contributed by atoms with Crippen molar-refractivity contribution < 1.29 is 0 Å². The van der Waals surface area contributed by atoms with Gasteiger partial charge in [0.25, 0.3) is 0 Å². The number of fused-ring (bicyclic) bond motifs is 1. The molecule has 0 spiro atoms. The molecule has 0 saturated carbocycles. The van der Waals surface area contributed by atoms with Gasteiger partial charge in [-0.15, -0.1) is 0 Å². The van der Waals surface area contributed by atoms with E-state index < -0.39 is 0 Å². The molecule has 304 valence electrons. The zero-order chi connectivity index (χ0) is 41.8. The van der Waals surface area contributed by atoms with Crippen molar-refractivity contribution in [2.45, 2.75) is 145 Å². The minimum absolute atomic E-state index is 0.174. The summed E-state index contributed by atoms with van der Waals surface area (Å²) >= 11 is 0. The lowest BCUT2D eigenvalue weighted by Gasteiger charge is -2.32. The van der Waals surface area contributed by atoms with Gasteiger partial charge in [-0.2, -0.15) is 0 Å². The van der Waals surface area contributed by atoms with Crippen molar-refractivity contribution >= 4 is 44.9 Å². The second-order valence-corrected chi connectivity index (χ2v) is 17.8. The first kappa shape index (κ1) is 42.8. The molecular weight excluding hydrogens is 701 g/mol. The van der Waals surface area contributed by atoms with Gasteiger partial charge in [0, 0.05) is 22.7 Å². The maximum atomic E-state index is 2.50. The van der Waals surface area contributed by atoms with Crippen LogP contribution in [0.25, 0.3) is 10.8 Å². The first-order valence-electron chi connectivity index (χ1n) is 22.3. The Morgan fingerprint density at radius 3 is 1.14 bits per heavy atom. The van der Waals surface area contributed by atoms with Crippen LogP contribution in [0.4, 0.5) is 34.1 Å². The third kappa shape index (κ3) is 8.63. The van der Waals surface area contributed by atoms with Crippen LogP contribution < -0.4 is 9.80 Å². The first-order valence-corrected chi connectivity index (χ1v) is 22.3. The standard InChI is InChI=1S/C56H70N2/c1-13-18-19-20-44-35-42(9)54(43(10)36-44)58(50-31-25-48(26-32-50)56(12,16-4)17-5)52-28-22-45-37-51(27-21-46(45)38-52)57(53-40(7)33-39(6)34-41(53)8)49-29-23-47(24-30-49)55(11,14-2)15-3/h21-38H,13-20H2,1-12H3. The summed E-state index contributed by atoms with van der Waals surface area (Å²) in [6.07, 6.45) is 9.39. The van der Waals surface area contributed by atoms with Gasteiger partial charge in [-0.3, -0.25) is 0 Å². The molecule has 0 aliphatic carbocycles. The molecule has 0 N–H and O–H groups in total. The maximum Gasteiger partial charge on any atom is 0.0520 e. The van der Waals surface area contributed by atoms with Gasteiger partial charge in [0.2, 0.25) is 0 Å². The van der Waals surface area contributed by atoms with E-state index in [1.807, 2.05) is 0 Å². The zero-order valence-electron chi connectivity index (χ0n) is 37.9. The normalized spacial score (nSPS) is 12.0. The summed E-state index contributed by atoms with van der Waals surface area (Å²) in [5, 5.41) is 2.46. The topological polar surface area (TPSA) is 6.48 Å². The van der Waals surface area contributed by atoms with Crippen LogP contribution in [-0.2, 0) is 17.3 Å². The fourth-order valence-corrected chi connectivity index (χ4v) is 9.30. The van der Waals surface area contributed by atoms with Gasteiger partial charge in [0.1, 0.15) is 0 Å². The molecule has 0 heterocycles. The molecule has 0 aromatic heterocycles. The lowest BCUT2D eigenvalue weighted by atomic mass is 9.78. The van der Waals surface area contributed by atoms with Crippen LogP contribution in [0.2, 0.25) is 0 Å². The second kappa shape index (κ2) is 18.0. The van der Waals surface area contributed by atoms with Gasteiger partial charge < -0.3 is 9.80 Å². The second-order valence-electron chi connectivity index (χ2n) is 17.8. The fourth-order valence-electron chi connectivity index (χ4n) is 9.30. The summed E-state index contributed by atoms with van der Waals surface area (Å²) < 4.78 is 0. The molecule has 0 aliphatic rings. The molecule has 6 aromatic rings. The minimum atomic E-state index is 0.174. The van der Waals surface area contributed by atoms with Gasteiger partial charge in [-0.25, -0.2) is 0 Å². The smallest absolute Gasteiger partial charge is 0.0520 e. The molecule has 0 atom stereocenters. The summed E-state index contributed by atoms with van der Waals surface area (Å²) in [5.41, 5.74) is 18.4. The van der Waals surface area contributed by atoms with Crippen LogP contribution in [0.3, 0.4) is 0 Å².